The number of thiophene rings is 1. The Morgan fingerprint density at radius 2 is 2.33 bits per heavy atom. The highest BCUT2D eigenvalue weighted by Crippen LogP contribution is 2.20. The second-order valence-electron chi connectivity index (χ2n) is 5.56. The Balaban J connectivity index is 1.63. The first kappa shape index (κ1) is 14.3. The molecule has 0 aliphatic carbocycles. The van der Waals surface area contributed by atoms with Gasteiger partial charge in [-0.1, -0.05) is 6.07 Å². The molecule has 2 aromatic rings. The minimum Gasteiger partial charge on any atom is -0.342 e. The number of nitrogens with zero attached hydrogens (tertiary/aromatic N) is 4. The number of aromatic nitrogens is 3. The lowest BCUT2D eigenvalue weighted by molar-refractivity contribution is -0.131. The van der Waals surface area contributed by atoms with Crippen molar-refractivity contribution in [1.29, 1.82) is 0 Å². The van der Waals surface area contributed by atoms with E-state index in [1.54, 1.807) is 11.3 Å². The van der Waals surface area contributed by atoms with Crippen molar-refractivity contribution in [3.63, 3.8) is 0 Å². The highest BCUT2D eigenvalue weighted by Gasteiger charge is 2.24. The fraction of sp³-hybridized carbons (Fsp3) is 0.533. The lowest BCUT2D eigenvalue weighted by atomic mass is 10.1. The average Bonchev–Trinajstić information content (AvgIpc) is 3.04. The van der Waals surface area contributed by atoms with Gasteiger partial charge in [-0.25, -0.2) is 0 Å². The van der Waals surface area contributed by atoms with Crippen molar-refractivity contribution >= 4 is 17.2 Å². The molecule has 3 rings (SSSR count). The first-order chi connectivity index (χ1) is 10.1. The van der Waals surface area contributed by atoms with E-state index < -0.39 is 0 Å². The second kappa shape index (κ2) is 5.97. The highest BCUT2D eigenvalue weighted by molar-refractivity contribution is 7.10. The van der Waals surface area contributed by atoms with Crippen LogP contribution in [0.3, 0.4) is 0 Å². The van der Waals surface area contributed by atoms with Crippen LogP contribution in [-0.2, 0) is 24.2 Å². The summed E-state index contributed by atoms with van der Waals surface area (Å²) in [6, 6.07) is 4.31. The molecule has 3 heterocycles. The van der Waals surface area contributed by atoms with Gasteiger partial charge >= 0.3 is 0 Å². The Bertz CT molecular complexity index is 620. The molecule has 0 fully saturated rings. The number of fused-ring (bicyclic) bond motifs is 1. The Hall–Kier alpha value is -1.69. The molecular weight excluding hydrogens is 284 g/mol. The van der Waals surface area contributed by atoms with Gasteiger partial charge in [0.15, 0.2) is 0 Å². The van der Waals surface area contributed by atoms with Crippen LogP contribution in [0.25, 0.3) is 0 Å². The van der Waals surface area contributed by atoms with E-state index in [0.717, 1.165) is 42.3 Å². The minimum absolute atomic E-state index is 0.205. The molecule has 0 aromatic carbocycles. The van der Waals surface area contributed by atoms with E-state index in [-0.39, 0.29) is 5.91 Å². The van der Waals surface area contributed by atoms with Crippen LogP contribution < -0.4 is 0 Å². The van der Waals surface area contributed by atoms with Crippen molar-refractivity contribution in [3.05, 3.63) is 34.0 Å². The SMILES string of the molecule is Cc1nnc2n1CCC(N(C)C(=O)Cc1cccs1)CC2. The van der Waals surface area contributed by atoms with Gasteiger partial charge in [0.05, 0.1) is 6.42 Å². The van der Waals surface area contributed by atoms with Gasteiger partial charge in [0.1, 0.15) is 11.6 Å². The zero-order chi connectivity index (χ0) is 14.8. The van der Waals surface area contributed by atoms with Crippen LogP contribution in [0.5, 0.6) is 0 Å². The quantitative estimate of drug-likeness (QED) is 0.872. The summed E-state index contributed by atoms with van der Waals surface area (Å²) in [5, 5.41) is 10.4. The average molecular weight is 304 g/mol. The number of hydrogen-bond donors (Lipinski definition) is 0. The fourth-order valence-electron chi connectivity index (χ4n) is 2.90. The molecule has 5 nitrogen and oxygen atoms in total. The Morgan fingerprint density at radius 1 is 1.48 bits per heavy atom. The van der Waals surface area contributed by atoms with E-state index in [1.165, 1.54) is 0 Å². The van der Waals surface area contributed by atoms with Crippen LogP contribution in [0.15, 0.2) is 17.5 Å². The predicted octanol–water partition coefficient (Wildman–Crippen LogP) is 2.05. The summed E-state index contributed by atoms with van der Waals surface area (Å²) < 4.78 is 2.18. The zero-order valence-corrected chi connectivity index (χ0v) is 13.3. The van der Waals surface area contributed by atoms with E-state index in [1.807, 2.05) is 36.4 Å². The summed E-state index contributed by atoms with van der Waals surface area (Å²) in [6.07, 6.45) is 3.33. The predicted molar refractivity (Wildman–Crippen MR) is 82.3 cm³/mol. The largest absolute Gasteiger partial charge is 0.342 e. The molecule has 0 N–H and O–H groups in total. The standard InChI is InChI=1S/C15H20N4OS/c1-11-16-17-14-6-5-12(7-8-19(11)14)18(2)15(20)10-13-4-3-9-21-13/h3-4,9,12H,5-8,10H2,1-2H3. The fourth-order valence-corrected chi connectivity index (χ4v) is 3.59. The third-order valence-electron chi connectivity index (χ3n) is 4.25. The minimum atomic E-state index is 0.205. The maximum Gasteiger partial charge on any atom is 0.227 e. The third kappa shape index (κ3) is 3.00. The molecule has 1 amide bonds. The molecule has 0 spiro atoms. The number of carbonyl (C=O) groups excluding carboxylic acids is 1. The van der Waals surface area contributed by atoms with E-state index >= 15 is 0 Å². The number of carbonyl (C=O) groups is 1. The van der Waals surface area contributed by atoms with E-state index in [4.69, 9.17) is 0 Å². The third-order valence-corrected chi connectivity index (χ3v) is 5.12. The number of hydrogen-bond acceptors (Lipinski definition) is 4. The molecule has 0 saturated carbocycles. The summed E-state index contributed by atoms with van der Waals surface area (Å²) in [5.74, 6) is 2.23. The van der Waals surface area contributed by atoms with Crippen molar-refractivity contribution in [2.45, 2.75) is 45.2 Å². The van der Waals surface area contributed by atoms with E-state index in [9.17, 15) is 4.79 Å². The monoisotopic (exact) mass is 304 g/mol. The Kier molecular flexibility index (Phi) is 4.05. The molecule has 0 bridgehead atoms. The van der Waals surface area contributed by atoms with Gasteiger partial charge < -0.3 is 9.47 Å². The van der Waals surface area contributed by atoms with Crippen LogP contribution >= 0.6 is 11.3 Å². The second-order valence-corrected chi connectivity index (χ2v) is 6.59. The first-order valence-corrected chi connectivity index (χ1v) is 8.20. The van der Waals surface area contributed by atoms with Gasteiger partial charge in [-0.2, -0.15) is 0 Å². The summed E-state index contributed by atoms with van der Waals surface area (Å²) in [6.45, 7) is 2.89. The van der Waals surface area contributed by atoms with Gasteiger partial charge in [-0.05, 0) is 31.2 Å². The maximum absolute atomic E-state index is 12.4. The molecule has 21 heavy (non-hydrogen) atoms. The molecule has 1 atom stereocenters. The summed E-state index contributed by atoms with van der Waals surface area (Å²) in [5.41, 5.74) is 0. The number of rotatable bonds is 3. The van der Waals surface area contributed by atoms with Gasteiger partial charge in [-0.15, -0.1) is 21.5 Å². The normalized spacial score (nSPS) is 18.1. The summed E-state index contributed by atoms with van der Waals surface area (Å²) in [4.78, 5) is 15.5. The molecular formula is C15H20N4OS. The molecule has 1 unspecified atom stereocenters. The molecule has 1 aliphatic heterocycles. The van der Waals surface area contributed by atoms with Gasteiger partial charge in [0, 0.05) is 30.9 Å². The van der Waals surface area contributed by atoms with Crippen molar-refractivity contribution in [2.24, 2.45) is 0 Å². The molecule has 6 heteroatoms. The lowest BCUT2D eigenvalue weighted by Gasteiger charge is -2.27. The van der Waals surface area contributed by atoms with Crippen LogP contribution in [0.1, 0.15) is 29.4 Å². The topological polar surface area (TPSA) is 51.0 Å². The molecule has 0 radical (unpaired) electrons. The van der Waals surface area contributed by atoms with Crippen LogP contribution in [0, 0.1) is 6.92 Å². The number of aryl methyl sites for hydroxylation is 2. The lowest BCUT2D eigenvalue weighted by Crippen LogP contribution is -2.38. The number of amides is 1. The van der Waals surface area contributed by atoms with Crippen LogP contribution in [0.4, 0.5) is 0 Å². The van der Waals surface area contributed by atoms with Crippen molar-refractivity contribution in [3.8, 4) is 0 Å². The Labute approximate surface area is 128 Å². The summed E-state index contributed by atoms with van der Waals surface area (Å²) in [7, 11) is 1.93. The Morgan fingerprint density at radius 3 is 3.10 bits per heavy atom. The highest BCUT2D eigenvalue weighted by atomic mass is 32.1. The zero-order valence-electron chi connectivity index (χ0n) is 12.5. The molecule has 0 saturated heterocycles. The number of likely N-dealkylation sites (N-methyl/N-ethyl adjacent to an activating group) is 1. The van der Waals surface area contributed by atoms with Crippen molar-refractivity contribution in [1.82, 2.24) is 19.7 Å². The van der Waals surface area contributed by atoms with Crippen molar-refractivity contribution < 1.29 is 4.79 Å². The molecule has 2 aromatic heterocycles. The molecule has 1 aliphatic rings. The van der Waals surface area contributed by atoms with Crippen LogP contribution in [0.2, 0.25) is 0 Å². The van der Waals surface area contributed by atoms with Crippen LogP contribution in [-0.4, -0.2) is 38.7 Å². The first-order valence-electron chi connectivity index (χ1n) is 7.32. The van der Waals surface area contributed by atoms with E-state index in [2.05, 4.69) is 14.8 Å². The van der Waals surface area contributed by atoms with Gasteiger partial charge in [0.25, 0.3) is 0 Å². The van der Waals surface area contributed by atoms with Gasteiger partial charge in [0.2, 0.25) is 5.91 Å². The van der Waals surface area contributed by atoms with Crippen molar-refractivity contribution in [2.75, 3.05) is 7.05 Å². The van der Waals surface area contributed by atoms with Gasteiger partial charge in [-0.3, -0.25) is 4.79 Å². The molecule has 112 valence electrons. The van der Waals surface area contributed by atoms with E-state index in [0.29, 0.717) is 12.5 Å². The maximum atomic E-state index is 12.4. The summed E-state index contributed by atoms with van der Waals surface area (Å²) >= 11 is 1.64. The smallest absolute Gasteiger partial charge is 0.227 e.